The van der Waals surface area contributed by atoms with Gasteiger partial charge in [-0.25, -0.2) is 13.8 Å². The molecule has 0 bridgehead atoms. The van der Waals surface area contributed by atoms with Gasteiger partial charge in [-0.1, -0.05) is 23.7 Å². The lowest BCUT2D eigenvalue weighted by molar-refractivity contribution is 0.625. The van der Waals surface area contributed by atoms with Crippen LogP contribution < -0.4 is 5.73 Å². The smallest absolute Gasteiger partial charge is 0.142 e. The van der Waals surface area contributed by atoms with Gasteiger partial charge in [0, 0.05) is 17.3 Å². The number of halogens is 3. The average Bonchev–Trinajstić information content (AvgIpc) is 2.94. The van der Waals surface area contributed by atoms with Crippen LogP contribution in [-0.4, -0.2) is 9.38 Å². The maximum Gasteiger partial charge on any atom is 0.142 e. The Kier molecular flexibility index (Phi) is 3.89. The number of aryl methyl sites for hydroxylation is 1. The van der Waals surface area contributed by atoms with Crippen LogP contribution in [0.25, 0.3) is 28.0 Å². The quantitative estimate of drug-likeness (QED) is 0.507. The highest BCUT2D eigenvalue weighted by molar-refractivity contribution is 6.30. The average molecular weight is 370 g/mol. The van der Waals surface area contributed by atoms with Crippen LogP contribution in [0.1, 0.15) is 5.56 Å². The first kappa shape index (κ1) is 16.5. The van der Waals surface area contributed by atoms with Crippen molar-refractivity contribution in [2.24, 2.45) is 0 Å². The van der Waals surface area contributed by atoms with Crippen molar-refractivity contribution < 1.29 is 8.78 Å². The molecule has 0 saturated carbocycles. The standard InChI is InChI=1S/C20H14ClF2N3/c1-11-2-7-18-25-19(20(24)26(18)10-11)13-4-6-16(22)14(8-13)12-3-5-15(21)17(23)9-12/h2-10H,24H2,1H3. The molecule has 2 aromatic heterocycles. The fourth-order valence-electron chi connectivity index (χ4n) is 2.94. The molecule has 4 aromatic rings. The maximum atomic E-state index is 14.3. The fourth-order valence-corrected chi connectivity index (χ4v) is 3.06. The minimum absolute atomic E-state index is 0.00900. The lowest BCUT2D eigenvalue weighted by Crippen LogP contribution is -1.95. The number of aromatic nitrogens is 2. The van der Waals surface area contributed by atoms with E-state index in [1.54, 1.807) is 22.6 Å². The van der Waals surface area contributed by atoms with Crippen molar-refractivity contribution in [1.29, 1.82) is 0 Å². The zero-order valence-corrected chi connectivity index (χ0v) is 14.6. The minimum atomic E-state index is -0.600. The number of nitrogens with two attached hydrogens (primary N) is 1. The van der Waals surface area contributed by atoms with E-state index in [9.17, 15) is 8.78 Å². The number of fused-ring (bicyclic) bond motifs is 1. The monoisotopic (exact) mass is 369 g/mol. The first-order valence-electron chi connectivity index (χ1n) is 7.93. The van der Waals surface area contributed by atoms with Crippen molar-refractivity contribution in [1.82, 2.24) is 9.38 Å². The van der Waals surface area contributed by atoms with Crippen LogP contribution >= 0.6 is 11.6 Å². The Morgan fingerprint density at radius 2 is 1.73 bits per heavy atom. The van der Waals surface area contributed by atoms with E-state index in [2.05, 4.69) is 4.98 Å². The zero-order valence-electron chi connectivity index (χ0n) is 13.8. The third-order valence-electron chi connectivity index (χ3n) is 4.27. The molecule has 0 radical (unpaired) electrons. The summed E-state index contributed by atoms with van der Waals surface area (Å²) in [4.78, 5) is 4.54. The molecular weight excluding hydrogens is 356 g/mol. The molecule has 0 fully saturated rings. The largest absolute Gasteiger partial charge is 0.383 e. The van der Waals surface area contributed by atoms with Crippen molar-refractivity contribution in [3.05, 3.63) is 76.9 Å². The Bertz CT molecular complexity index is 1150. The summed E-state index contributed by atoms with van der Waals surface area (Å²) in [5.74, 6) is -0.603. The predicted octanol–water partition coefficient (Wildman–Crippen LogP) is 5.49. The molecular formula is C20H14ClF2N3. The molecule has 130 valence electrons. The number of nitrogen functional groups attached to an aromatic ring is 1. The van der Waals surface area contributed by atoms with E-state index in [1.807, 2.05) is 25.3 Å². The maximum absolute atomic E-state index is 14.3. The van der Waals surface area contributed by atoms with E-state index in [-0.39, 0.29) is 10.6 Å². The van der Waals surface area contributed by atoms with Crippen LogP contribution in [0.2, 0.25) is 5.02 Å². The van der Waals surface area contributed by atoms with E-state index in [0.29, 0.717) is 28.3 Å². The summed E-state index contributed by atoms with van der Waals surface area (Å²) in [6.07, 6.45) is 1.89. The zero-order chi connectivity index (χ0) is 18.4. The molecule has 3 nitrogen and oxygen atoms in total. The molecule has 2 heterocycles. The SMILES string of the molecule is Cc1ccc2nc(-c3ccc(F)c(-c4ccc(Cl)c(F)c4)c3)c(N)n2c1. The molecule has 6 heteroatoms. The first-order valence-corrected chi connectivity index (χ1v) is 8.31. The lowest BCUT2D eigenvalue weighted by atomic mass is 10.0. The molecule has 0 aliphatic heterocycles. The van der Waals surface area contributed by atoms with Gasteiger partial charge in [0.1, 0.15) is 28.8 Å². The van der Waals surface area contributed by atoms with Gasteiger partial charge < -0.3 is 5.73 Å². The number of hydrogen-bond acceptors (Lipinski definition) is 2. The highest BCUT2D eigenvalue weighted by Gasteiger charge is 2.15. The second-order valence-electron chi connectivity index (χ2n) is 6.10. The predicted molar refractivity (Wildman–Crippen MR) is 100 cm³/mol. The summed E-state index contributed by atoms with van der Waals surface area (Å²) in [6.45, 7) is 1.96. The number of pyridine rings is 1. The molecule has 2 aromatic carbocycles. The number of nitrogens with zero attached hydrogens (tertiary/aromatic N) is 2. The molecule has 0 unspecified atom stereocenters. The van der Waals surface area contributed by atoms with E-state index < -0.39 is 11.6 Å². The second kappa shape index (κ2) is 6.11. The van der Waals surface area contributed by atoms with Crippen LogP contribution in [0.3, 0.4) is 0 Å². The molecule has 2 N–H and O–H groups in total. The molecule has 0 atom stereocenters. The van der Waals surface area contributed by atoms with Gasteiger partial charge in [0.15, 0.2) is 0 Å². The summed E-state index contributed by atoms with van der Waals surface area (Å²) >= 11 is 5.72. The van der Waals surface area contributed by atoms with E-state index in [1.165, 1.54) is 18.2 Å². The van der Waals surface area contributed by atoms with E-state index in [0.717, 1.165) is 5.56 Å². The molecule has 0 aliphatic rings. The van der Waals surface area contributed by atoms with Gasteiger partial charge in [0.05, 0.1) is 5.02 Å². The molecule has 4 rings (SSSR count). The molecule has 0 spiro atoms. The van der Waals surface area contributed by atoms with Crippen molar-refractivity contribution in [3.63, 3.8) is 0 Å². The third-order valence-corrected chi connectivity index (χ3v) is 4.58. The van der Waals surface area contributed by atoms with E-state index >= 15 is 0 Å². The Morgan fingerprint density at radius 1 is 0.962 bits per heavy atom. The van der Waals surface area contributed by atoms with Crippen LogP contribution in [0, 0.1) is 18.6 Å². The lowest BCUT2D eigenvalue weighted by Gasteiger charge is -2.07. The Labute approximate surface area is 153 Å². The molecule has 0 amide bonds. The summed E-state index contributed by atoms with van der Waals surface area (Å²) in [6, 6.07) is 12.5. The van der Waals surface area contributed by atoms with Gasteiger partial charge in [-0.05, 0) is 54.4 Å². The second-order valence-corrected chi connectivity index (χ2v) is 6.51. The first-order chi connectivity index (χ1) is 12.4. The Balaban J connectivity index is 1.89. The number of imidazole rings is 1. The Hall–Kier alpha value is -2.92. The molecule has 26 heavy (non-hydrogen) atoms. The number of hydrogen-bond donors (Lipinski definition) is 1. The fraction of sp³-hybridized carbons (Fsp3) is 0.0500. The van der Waals surface area contributed by atoms with Crippen molar-refractivity contribution in [2.45, 2.75) is 6.92 Å². The summed E-state index contributed by atoms with van der Waals surface area (Å²) in [5, 5.41) is -0.00900. The topological polar surface area (TPSA) is 43.3 Å². The minimum Gasteiger partial charge on any atom is -0.383 e. The normalized spacial score (nSPS) is 11.2. The van der Waals surface area contributed by atoms with Gasteiger partial charge in [-0.3, -0.25) is 4.40 Å². The number of anilines is 1. The summed E-state index contributed by atoms with van der Waals surface area (Å²) < 4.78 is 29.9. The summed E-state index contributed by atoms with van der Waals surface area (Å²) in [7, 11) is 0. The number of rotatable bonds is 2. The van der Waals surface area contributed by atoms with E-state index in [4.69, 9.17) is 17.3 Å². The summed E-state index contributed by atoms with van der Waals surface area (Å²) in [5.41, 5.74) is 9.83. The molecule has 0 saturated heterocycles. The third kappa shape index (κ3) is 2.70. The van der Waals surface area contributed by atoms with Gasteiger partial charge in [0.25, 0.3) is 0 Å². The highest BCUT2D eigenvalue weighted by Crippen LogP contribution is 2.33. The van der Waals surface area contributed by atoms with Gasteiger partial charge >= 0.3 is 0 Å². The van der Waals surface area contributed by atoms with Gasteiger partial charge in [0.2, 0.25) is 0 Å². The Morgan fingerprint density at radius 3 is 2.50 bits per heavy atom. The molecule has 0 aliphatic carbocycles. The van der Waals surface area contributed by atoms with Gasteiger partial charge in [-0.15, -0.1) is 0 Å². The van der Waals surface area contributed by atoms with Crippen molar-refractivity contribution >= 4 is 23.1 Å². The van der Waals surface area contributed by atoms with Crippen molar-refractivity contribution in [3.8, 4) is 22.4 Å². The number of benzene rings is 2. The van der Waals surface area contributed by atoms with Crippen LogP contribution in [0.5, 0.6) is 0 Å². The van der Waals surface area contributed by atoms with Crippen LogP contribution in [0.15, 0.2) is 54.7 Å². The van der Waals surface area contributed by atoms with Crippen LogP contribution in [0.4, 0.5) is 14.6 Å². The van der Waals surface area contributed by atoms with Crippen molar-refractivity contribution in [2.75, 3.05) is 5.73 Å². The van der Waals surface area contributed by atoms with Gasteiger partial charge in [-0.2, -0.15) is 0 Å². The van der Waals surface area contributed by atoms with Crippen LogP contribution in [-0.2, 0) is 0 Å². The highest BCUT2D eigenvalue weighted by atomic mass is 35.5.